The standard InChI is InChI=1S/C36H46N8O13S/c1-58-12-10-23(41-35(55)42-24(34(53)54)15-18-5-7-20(45)8-6-18)32(52)40-25(16-38-30(50)22(37)14-19-3-2-4-21(46)13-19)31(51)39-17-26-28(48)29(49)33(57-26)44-11-9-27(47)43-36(44)56/h2-9,11,13,22-26,28-29,33,45-46,48-49H,10,12,14-17,37H2,1H3,(H,38,50)(H,39,51)(H,40,52)(H,53,54)(H2,41,42,55)(H,43,47,56)/t22-,23-,24+,25+,26-,28-,29-,33-/m1/s1. The number of phenols is 2. The number of hydrogen-bond donors (Lipinski definition) is 12. The number of aliphatic carboxylic acids is 1. The van der Waals surface area contributed by atoms with Crippen LogP contribution >= 0.6 is 11.8 Å². The summed E-state index contributed by atoms with van der Waals surface area (Å²) in [6.45, 7) is -1.01. The van der Waals surface area contributed by atoms with Crippen LogP contribution in [0, 0.1) is 0 Å². The molecule has 0 bridgehead atoms. The smallest absolute Gasteiger partial charge is 0.330 e. The van der Waals surface area contributed by atoms with Gasteiger partial charge in [-0.25, -0.2) is 14.4 Å². The summed E-state index contributed by atoms with van der Waals surface area (Å²) < 4.78 is 6.49. The molecule has 22 heteroatoms. The van der Waals surface area contributed by atoms with Crippen molar-refractivity contribution in [2.24, 2.45) is 5.73 Å². The molecule has 1 aromatic heterocycles. The Morgan fingerprint density at radius 2 is 1.55 bits per heavy atom. The van der Waals surface area contributed by atoms with Crippen molar-refractivity contribution in [3.8, 4) is 11.5 Å². The quantitative estimate of drug-likeness (QED) is 0.0572. The zero-order chi connectivity index (χ0) is 42.5. The van der Waals surface area contributed by atoms with Crippen LogP contribution in [0.1, 0.15) is 23.8 Å². The summed E-state index contributed by atoms with van der Waals surface area (Å²) in [5.74, 6) is -3.65. The molecule has 2 aromatic carbocycles. The number of nitrogens with one attached hydrogen (secondary N) is 6. The number of aromatic amines is 1. The number of rotatable bonds is 19. The van der Waals surface area contributed by atoms with E-state index in [4.69, 9.17) is 10.5 Å². The topological polar surface area (TPSA) is 337 Å². The number of carboxylic acids is 1. The molecule has 1 saturated heterocycles. The minimum absolute atomic E-state index is 0.00210. The van der Waals surface area contributed by atoms with Gasteiger partial charge in [-0.05, 0) is 60.2 Å². The number of amides is 5. The van der Waals surface area contributed by atoms with E-state index < -0.39 is 103 Å². The van der Waals surface area contributed by atoms with Crippen molar-refractivity contribution in [3.05, 3.63) is 92.8 Å². The average Bonchev–Trinajstić information content (AvgIpc) is 3.45. The predicted octanol–water partition coefficient (Wildman–Crippen LogP) is -3.03. The van der Waals surface area contributed by atoms with Crippen molar-refractivity contribution in [3.63, 3.8) is 0 Å². The Labute approximate surface area is 334 Å². The molecule has 8 atom stereocenters. The average molecular weight is 831 g/mol. The molecule has 1 aliphatic heterocycles. The Hall–Kier alpha value is -5.94. The number of urea groups is 1. The normalized spacial score (nSPS) is 19.5. The van der Waals surface area contributed by atoms with Gasteiger partial charge in [0, 0.05) is 31.8 Å². The molecular weight excluding hydrogens is 785 g/mol. The van der Waals surface area contributed by atoms with Gasteiger partial charge in [-0.15, -0.1) is 0 Å². The van der Waals surface area contributed by atoms with Crippen molar-refractivity contribution >= 4 is 41.5 Å². The first-order chi connectivity index (χ1) is 27.6. The second kappa shape index (κ2) is 21.0. The van der Waals surface area contributed by atoms with E-state index in [-0.39, 0.29) is 30.8 Å². The van der Waals surface area contributed by atoms with E-state index in [1.165, 1.54) is 48.2 Å². The minimum atomic E-state index is -1.66. The Morgan fingerprint density at radius 3 is 2.21 bits per heavy atom. The molecule has 0 spiro atoms. The highest BCUT2D eigenvalue weighted by Crippen LogP contribution is 2.28. The number of aliphatic hydroxyl groups excluding tert-OH is 2. The van der Waals surface area contributed by atoms with Crippen LogP contribution in [0.15, 0.2) is 70.4 Å². The van der Waals surface area contributed by atoms with E-state index in [2.05, 4.69) is 26.6 Å². The Bertz CT molecular complexity index is 2030. The molecule has 2 heterocycles. The highest BCUT2D eigenvalue weighted by atomic mass is 32.2. The SMILES string of the molecule is CSCC[C@@H](NC(=O)N[C@@H](Cc1ccc(O)cc1)C(=O)O)C(=O)N[C@@H](CNC(=O)[C@H](N)Cc1cccc(O)c1)C(=O)NC[C@H]1O[C@@H](n2ccc(=O)[nH]c2=O)[C@H](O)[C@@H]1O. The summed E-state index contributed by atoms with van der Waals surface area (Å²) >= 11 is 1.33. The lowest BCUT2D eigenvalue weighted by Gasteiger charge is -2.25. The van der Waals surface area contributed by atoms with Crippen LogP contribution < -0.4 is 43.6 Å². The number of carbonyl (C=O) groups is 5. The summed E-state index contributed by atoms with van der Waals surface area (Å²) in [5, 5.41) is 62.6. The molecule has 0 unspecified atom stereocenters. The Kier molecular flexibility index (Phi) is 16.2. The van der Waals surface area contributed by atoms with E-state index in [9.17, 15) is 59.1 Å². The second-order valence-electron chi connectivity index (χ2n) is 13.3. The number of carbonyl (C=O) groups excluding carboxylic acids is 4. The molecule has 0 aliphatic carbocycles. The monoisotopic (exact) mass is 830 g/mol. The number of phenolic OH excluding ortho intramolecular Hbond substituents is 2. The van der Waals surface area contributed by atoms with Crippen molar-refractivity contribution in [1.29, 1.82) is 0 Å². The number of thioether (sulfide) groups is 1. The molecule has 1 fully saturated rings. The van der Waals surface area contributed by atoms with Gasteiger partial charge in [0.1, 0.15) is 47.9 Å². The number of benzene rings is 2. The van der Waals surface area contributed by atoms with Crippen LogP contribution in [0.25, 0.3) is 0 Å². The number of nitrogens with two attached hydrogens (primary N) is 1. The zero-order valence-electron chi connectivity index (χ0n) is 31.1. The van der Waals surface area contributed by atoms with Crippen LogP contribution in [-0.2, 0) is 36.8 Å². The summed E-state index contributed by atoms with van der Waals surface area (Å²) in [5.41, 5.74) is 5.48. The molecule has 58 heavy (non-hydrogen) atoms. The first kappa shape index (κ1) is 44.8. The van der Waals surface area contributed by atoms with E-state index >= 15 is 0 Å². The summed E-state index contributed by atoms with van der Waals surface area (Å²) in [7, 11) is 0. The molecule has 3 aromatic rings. The van der Waals surface area contributed by atoms with E-state index in [0.717, 1.165) is 16.8 Å². The van der Waals surface area contributed by atoms with Crippen LogP contribution in [-0.4, -0.2) is 132 Å². The van der Waals surface area contributed by atoms with Crippen LogP contribution in [0.3, 0.4) is 0 Å². The number of ether oxygens (including phenoxy) is 1. The van der Waals surface area contributed by atoms with E-state index in [1.54, 1.807) is 18.4 Å². The Balaban J connectivity index is 1.47. The van der Waals surface area contributed by atoms with Gasteiger partial charge in [-0.1, -0.05) is 24.3 Å². The van der Waals surface area contributed by atoms with Crippen LogP contribution in [0.5, 0.6) is 11.5 Å². The molecule has 4 rings (SSSR count). The number of aromatic hydroxyl groups is 2. The van der Waals surface area contributed by atoms with Crippen molar-refractivity contribution in [2.45, 2.75) is 68.0 Å². The van der Waals surface area contributed by atoms with Gasteiger partial charge >= 0.3 is 17.7 Å². The Morgan fingerprint density at radius 1 is 0.845 bits per heavy atom. The maximum absolute atomic E-state index is 13.7. The number of aromatic nitrogens is 2. The highest BCUT2D eigenvalue weighted by Gasteiger charge is 2.44. The zero-order valence-corrected chi connectivity index (χ0v) is 31.9. The molecule has 0 saturated carbocycles. The minimum Gasteiger partial charge on any atom is -0.508 e. The summed E-state index contributed by atoms with van der Waals surface area (Å²) in [4.78, 5) is 91.2. The number of hydrogen-bond acceptors (Lipinski definition) is 14. The van der Waals surface area contributed by atoms with Gasteiger partial charge in [0.05, 0.1) is 6.04 Å². The van der Waals surface area contributed by atoms with Crippen molar-refractivity contribution < 1.29 is 54.2 Å². The van der Waals surface area contributed by atoms with Gasteiger partial charge in [0.15, 0.2) is 6.23 Å². The predicted molar refractivity (Wildman–Crippen MR) is 207 cm³/mol. The number of aliphatic hydroxyl groups is 2. The molecule has 5 amide bonds. The lowest BCUT2D eigenvalue weighted by molar-refractivity contribution is -0.139. The first-order valence-corrected chi connectivity index (χ1v) is 19.2. The fourth-order valence-corrected chi connectivity index (χ4v) is 6.33. The number of nitrogens with zero attached hydrogens (tertiary/aromatic N) is 1. The molecular formula is C36H46N8O13S. The number of H-pyrrole nitrogens is 1. The maximum atomic E-state index is 13.7. The fraction of sp³-hybridized carbons (Fsp3) is 0.417. The third kappa shape index (κ3) is 12.8. The third-order valence-electron chi connectivity index (χ3n) is 8.97. The largest absolute Gasteiger partial charge is 0.508 e. The molecule has 13 N–H and O–H groups in total. The van der Waals surface area contributed by atoms with Gasteiger partial charge in [0.25, 0.3) is 5.56 Å². The van der Waals surface area contributed by atoms with Gasteiger partial charge in [-0.2, -0.15) is 11.8 Å². The summed E-state index contributed by atoms with van der Waals surface area (Å²) in [6, 6.07) is 6.28. The first-order valence-electron chi connectivity index (χ1n) is 17.8. The van der Waals surface area contributed by atoms with E-state index in [0.29, 0.717) is 16.9 Å². The van der Waals surface area contributed by atoms with Crippen LogP contribution in [0.4, 0.5) is 4.79 Å². The van der Waals surface area contributed by atoms with Gasteiger partial charge in [-0.3, -0.25) is 28.7 Å². The third-order valence-corrected chi connectivity index (χ3v) is 9.61. The molecule has 0 radical (unpaired) electrons. The molecule has 314 valence electrons. The molecule has 1 aliphatic rings. The fourth-order valence-electron chi connectivity index (χ4n) is 5.86. The number of carboxylic acid groups (broad SMARTS) is 1. The van der Waals surface area contributed by atoms with Gasteiger partial charge in [0.2, 0.25) is 17.7 Å². The van der Waals surface area contributed by atoms with Crippen LogP contribution in [0.2, 0.25) is 0 Å². The lowest BCUT2D eigenvalue weighted by Crippen LogP contribution is -2.60. The highest BCUT2D eigenvalue weighted by molar-refractivity contribution is 7.98. The lowest BCUT2D eigenvalue weighted by atomic mass is 10.1. The maximum Gasteiger partial charge on any atom is 0.330 e. The summed E-state index contributed by atoms with van der Waals surface area (Å²) in [6.07, 6.45) is -3.36. The second-order valence-corrected chi connectivity index (χ2v) is 14.3. The molecule has 21 nitrogen and oxygen atoms in total. The van der Waals surface area contributed by atoms with Crippen molar-refractivity contribution in [2.75, 3.05) is 25.1 Å². The van der Waals surface area contributed by atoms with E-state index in [1.807, 2.05) is 4.98 Å². The van der Waals surface area contributed by atoms with Crippen molar-refractivity contribution in [1.82, 2.24) is 36.1 Å². The van der Waals surface area contributed by atoms with Gasteiger partial charge < -0.3 is 62.6 Å².